The molecule has 0 aliphatic carbocycles. The molecule has 5 rings (SSSR count). The Hall–Kier alpha value is -4.60. The molecule has 2 atom stereocenters. The predicted molar refractivity (Wildman–Crippen MR) is 156 cm³/mol. The molecule has 0 fully saturated rings. The van der Waals surface area contributed by atoms with Gasteiger partial charge in [-0.2, -0.15) is 0 Å². The smallest absolute Gasteiger partial charge is 0.264 e. The fourth-order valence-corrected chi connectivity index (χ4v) is 5.19. The van der Waals surface area contributed by atoms with Crippen molar-refractivity contribution in [2.75, 3.05) is 16.4 Å². The van der Waals surface area contributed by atoms with Crippen molar-refractivity contribution < 1.29 is 19.8 Å². The minimum atomic E-state index is -1.70. The first kappa shape index (κ1) is 27.9. The lowest BCUT2D eigenvalue weighted by atomic mass is 9.83. The Bertz CT molecular complexity index is 1520. The van der Waals surface area contributed by atoms with Gasteiger partial charge in [0.05, 0.1) is 17.9 Å². The topological polar surface area (TPSA) is 112 Å². The number of aromatic nitrogens is 3. The molecular weight excluding hydrogens is 518 g/mol. The molecule has 0 saturated carbocycles. The van der Waals surface area contributed by atoms with E-state index in [-0.39, 0.29) is 19.1 Å². The molecule has 2 amide bonds. The molecule has 9 nitrogen and oxygen atoms in total. The van der Waals surface area contributed by atoms with Crippen molar-refractivity contribution in [3.05, 3.63) is 114 Å². The molecule has 210 valence electrons. The molecular formula is C32H33N5O4. The van der Waals surface area contributed by atoms with Gasteiger partial charge in [0.1, 0.15) is 0 Å². The van der Waals surface area contributed by atoms with Crippen LogP contribution in [0.2, 0.25) is 0 Å². The third kappa shape index (κ3) is 5.68. The number of hydrogen-bond donors (Lipinski definition) is 2. The lowest BCUT2D eigenvalue weighted by molar-refractivity contribution is -0.139. The third-order valence-electron chi connectivity index (χ3n) is 7.43. The van der Waals surface area contributed by atoms with Crippen molar-refractivity contribution in [2.24, 2.45) is 5.92 Å². The number of allylic oxidation sites excluding steroid dienone is 1. The maximum Gasteiger partial charge on any atom is 0.264 e. The number of amides is 2. The molecule has 9 heteroatoms. The van der Waals surface area contributed by atoms with Crippen molar-refractivity contribution in [3.8, 4) is 0 Å². The molecule has 0 spiro atoms. The molecule has 0 radical (unpaired) electrons. The van der Waals surface area contributed by atoms with Crippen LogP contribution < -0.4 is 9.80 Å². The highest BCUT2D eigenvalue weighted by Gasteiger charge is 2.52. The van der Waals surface area contributed by atoms with Gasteiger partial charge in [-0.15, -0.1) is 5.10 Å². The Morgan fingerprint density at radius 3 is 2.44 bits per heavy atom. The summed E-state index contributed by atoms with van der Waals surface area (Å²) in [5.41, 5.74) is 2.65. The summed E-state index contributed by atoms with van der Waals surface area (Å²) in [5, 5.41) is 29.0. The number of fused-ring (bicyclic) bond motifs is 1. The zero-order chi connectivity index (χ0) is 28.8. The van der Waals surface area contributed by atoms with Gasteiger partial charge in [-0.3, -0.25) is 19.2 Å². The molecule has 4 aromatic rings. The standard InChI is InChI=1S/C32H33N5O4/c1-24(9-7-8-19-35-22-26(18-20-38)33-34-35)32(41)29-12-5-6-13-30(29)36(31(32)40)21-25-14-16-28(17-15-25)37(23-39)27-10-3-2-4-11-27/h2-7,9-17,22-24,38,41H,8,18-21H2,1H3/b9-7+/t24-,32+/m1/s1. The van der Waals surface area contributed by atoms with E-state index < -0.39 is 11.5 Å². The van der Waals surface area contributed by atoms with Gasteiger partial charge in [-0.1, -0.05) is 72.8 Å². The van der Waals surface area contributed by atoms with E-state index in [1.54, 1.807) is 26.7 Å². The van der Waals surface area contributed by atoms with Crippen LogP contribution in [0.4, 0.5) is 17.1 Å². The van der Waals surface area contributed by atoms with Crippen LogP contribution in [0.25, 0.3) is 0 Å². The van der Waals surface area contributed by atoms with Crippen LogP contribution in [0.1, 0.15) is 30.2 Å². The van der Waals surface area contributed by atoms with E-state index in [1.807, 2.05) is 91.9 Å². The number of nitrogens with zero attached hydrogens (tertiary/aromatic N) is 5. The van der Waals surface area contributed by atoms with Gasteiger partial charge in [0.15, 0.2) is 5.60 Å². The Kier molecular flexibility index (Phi) is 8.37. The van der Waals surface area contributed by atoms with E-state index >= 15 is 0 Å². The largest absolute Gasteiger partial charge is 0.396 e. The van der Waals surface area contributed by atoms with Crippen molar-refractivity contribution in [1.29, 1.82) is 0 Å². The zero-order valence-electron chi connectivity index (χ0n) is 22.9. The number of anilines is 3. The first-order chi connectivity index (χ1) is 20.0. The molecule has 3 aromatic carbocycles. The number of hydrogen-bond acceptors (Lipinski definition) is 6. The van der Waals surface area contributed by atoms with Crippen molar-refractivity contribution in [2.45, 2.75) is 38.5 Å². The summed E-state index contributed by atoms with van der Waals surface area (Å²) < 4.78 is 1.71. The molecule has 1 aromatic heterocycles. The molecule has 0 saturated heterocycles. The maximum absolute atomic E-state index is 13.8. The Morgan fingerprint density at radius 2 is 1.71 bits per heavy atom. The van der Waals surface area contributed by atoms with Crippen LogP contribution in [-0.4, -0.2) is 44.1 Å². The second-order valence-electron chi connectivity index (χ2n) is 10.1. The van der Waals surface area contributed by atoms with E-state index in [2.05, 4.69) is 10.3 Å². The summed E-state index contributed by atoms with van der Waals surface area (Å²) in [7, 11) is 0. The van der Waals surface area contributed by atoms with Gasteiger partial charge in [0, 0.05) is 48.6 Å². The van der Waals surface area contributed by atoms with Crippen LogP contribution in [-0.2, 0) is 34.7 Å². The molecule has 1 aliphatic heterocycles. The quantitative estimate of drug-likeness (QED) is 0.202. The number of carbonyl (C=O) groups excluding carboxylic acids is 2. The SMILES string of the molecule is C[C@H](/C=C/CCn1cc(CCO)nn1)[C@@]1(O)C(=O)N(Cc2ccc(N(C=O)c3ccccc3)cc2)c2ccccc21. The van der Waals surface area contributed by atoms with Crippen LogP contribution >= 0.6 is 0 Å². The first-order valence-electron chi connectivity index (χ1n) is 13.6. The zero-order valence-corrected chi connectivity index (χ0v) is 22.9. The lowest BCUT2D eigenvalue weighted by Crippen LogP contribution is -2.44. The van der Waals surface area contributed by atoms with Crippen molar-refractivity contribution in [1.82, 2.24) is 15.0 Å². The normalized spacial score (nSPS) is 17.1. The second-order valence-corrected chi connectivity index (χ2v) is 10.1. The summed E-state index contributed by atoms with van der Waals surface area (Å²) in [4.78, 5) is 28.8. The number of aryl methyl sites for hydroxylation is 1. The van der Waals surface area contributed by atoms with E-state index in [0.717, 1.165) is 23.4 Å². The highest BCUT2D eigenvalue weighted by molar-refractivity contribution is 6.07. The second kappa shape index (κ2) is 12.3. The average Bonchev–Trinajstić information content (AvgIpc) is 3.54. The molecule has 1 aliphatic rings. The monoisotopic (exact) mass is 551 g/mol. The lowest BCUT2D eigenvalue weighted by Gasteiger charge is -2.27. The van der Waals surface area contributed by atoms with Crippen LogP contribution in [0.5, 0.6) is 0 Å². The molecule has 2 N–H and O–H groups in total. The van der Waals surface area contributed by atoms with Crippen LogP contribution in [0.3, 0.4) is 0 Å². The summed E-state index contributed by atoms with van der Waals surface area (Å²) in [5.74, 6) is -0.847. The van der Waals surface area contributed by atoms with Gasteiger partial charge >= 0.3 is 0 Å². The molecule has 0 unspecified atom stereocenters. The van der Waals surface area contributed by atoms with Crippen molar-refractivity contribution >= 4 is 29.4 Å². The third-order valence-corrected chi connectivity index (χ3v) is 7.43. The highest BCUT2D eigenvalue weighted by atomic mass is 16.3. The minimum absolute atomic E-state index is 0.0273. The number of carbonyl (C=O) groups is 2. The first-order valence-corrected chi connectivity index (χ1v) is 13.6. The number of para-hydroxylation sites is 2. The Morgan fingerprint density at radius 1 is 1.00 bits per heavy atom. The van der Waals surface area contributed by atoms with E-state index in [0.29, 0.717) is 36.3 Å². The molecule has 41 heavy (non-hydrogen) atoms. The molecule has 2 heterocycles. The van der Waals surface area contributed by atoms with Gasteiger partial charge in [0.2, 0.25) is 6.41 Å². The van der Waals surface area contributed by atoms with Crippen molar-refractivity contribution in [3.63, 3.8) is 0 Å². The summed E-state index contributed by atoms with van der Waals surface area (Å²) in [6, 6.07) is 24.2. The highest BCUT2D eigenvalue weighted by Crippen LogP contribution is 2.45. The van der Waals surface area contributed by atoms with Gasteiger partial charge < -0.3 is 15.1 Å². The minimum Gasteiger partial charge on any atom is -0.396 e. The van der Waals surface area contributed by atoms with E-state index in [1.165, 1.54) is 0 Å². The fraction of sp³-hybridized carbons (Fsp3) is 0.250. The van der Waals surface area contributed by atoms with Gasteiger partial charge in [-0.25, -0.2) is 0 Å². The number of benzene rings is 3. The number of aliphatic hydroxyl groups excluding tert-OH is 1. The average molecular weight is 552 g/mol. The number of aliphatic hydroxyl groups is 2. The number of rotatable bonds is 12. The van der Waals surface area contributed by atoms with E-state index in [4.69, 9.17) is 5.11 Å². The van der Waals surface area contributed by atoms with Crippen LogP contribution in [0, 0.1) is 5.92 Å². The maximum atomic E-state index is 13.8. The van der Waals surface area contributed by atoms with E-state index in [9.17, 15) is 14.7 Å². The summed E-state index contributed by atoms with van der Waals surface area (Å²) >= 11 is 0. The summed E-state index contributed by atoms with van der Waals surface area (Å²) in [6.45, 7) is 2.75. The van der Waals surface area contributed by atoms with Gasteiger partial charge in [-0.05, 0) is 42.3 Å². The van der Waals surface area contributed by atoms with Gasteiger partial charge in [0.25, 0.3) is 5.91 Å². The summed E-state index contributed by atoms with van der Waals surface area (Å²) in [6.07, 6.45) is 7.51. The Labute approximate surface area is 239 Å². The van der Waals surface area contributed by atoms with Crippen LogP contribution in [0.15, 0.2) is 97.2 Å². The molecule has 0 bridgehead atoms. The predicted octanol–water partition coefficient (Wildman–Crippen LogP) is 4.12. The fourth-order valence-electron chi connectivity index (χ4n) is 5.19. The Balaban J connectivity index is 1.30.